The molecule has 0 radical (unpaired) electrons. The van der Waals surface area contributed by atoms with E-state index in [0.717, 1.165) is 6.42 Å². The van der Waals surface area contributed by atoms with Crippen LogP contribution in [0, 0.1) is 0 Å². The van der Waals surface area contributed by atoms with E-state index in [0.29, 0.717) is 17.9 Å². The zero-order valence-electron chi connectivity index (χ0n) is 10.2. The van der Waals surface area contributed by atoms with Crippen molar-refractivity contribution in [2.45, 2.75) is 31.9 Å². The van der Waals surface area contributed by atoms with Gasteiger partial charge in [-0.05, 0) is 38.5 Å². The van der Waals surface area contributed by atoms with Crippen molar-refractivity contribution in [2.24, 2.45) is 0 Å². The lowest BCUT2D eigenvalue weighted by Crippen LogP contribution is -2.50. The van der Waals surface area contributed by atoms with E-state index in [1.807, 2.05) is 13.8 Å². The molecule has 0 aromatic heterocycles. The van der Waals surface area contributed by atoms with Crippen LogP contribution in [0.2, 0.25) is 0 Å². The first-order valence-electron chi connectivity index (χ1n) is 5.81. The van der Waals surface area contributed by atoms with Crippen LogP contribution in [0.15, 0.2) is 24.3 Å². The van der Waals surface area contributed by atoms with Gasteiger partial charge in [-0.2, -0.15) is 0 Å². The number of hydrogen-bond donors (Lipinski definition) is 2. The zero-order chi connectivity index (χ0) is 12.5. The number of anilines is 1. The molecule has 1 aliphatic heterocycles. The fourth-order valence-corrected chi connectivity index (χ4v) is 2.01. The molecule has 1 fully saturated rings. The molecule has 1 heterocycles. The Morgan fingerprint density at radius 2 is 2.35 bits per heavy atom. The van der Waals surface area contributed by atoms with Gasteiger partial charge in [0.05, 0.1) is 11.6 Å². The van der Waals surface area contributed by atoms with Crippen LogP contribution in [-0.4, -0.2) is 24.2 Å². The smallest absolute Gasteiger partial charge is 0.251 e. The number of ether oxygens (including phenoxy) is 1. The molecule has 3 N–H and O–H groups in total. The van der Waals surface area contributed by atoms with Gasteiger partial charge in [-0.3, -0.25) is 4.79 Å². The molecule has 1 aromatic carbocycles. The second-order valence-electron chi connectivity index (χ2n) is 4.76. The van der Waals surface area contributed by atoms with Gasteiger partial charge in [0.25, 0.3) is 5.91 Å². The molecule has 4 heteroatoms. The van der Waals surface area contributed by atoms with Gasteiger partial charge in [-0.1, -0.05) is 6.07 Å². The largest absolute Gasteiger partial charge is 0.399 e. The molecule has 1 saturated heterocycles. The van der Waals surface area contributed by atoms with Crippen LogP contribution >= 0.6 is 0 Å². The number of rotatable bonds is 2. The van der Waals surface area contributed by atoms with E-state index in [4.69, 9.17) is 10.5 Å². The highest BCUT2D eigenvalue weighted by atomic mass is 16.5. The molecule has 2 rings (SSSR count). The summed E-state index contributed by atoms with van der Waals surface area (Å²) in [7, 11) is 0. The maximum absolute atomic E-state index is 12.1. The summed E-state index contributed by atoms with van der Waals surface area (Å²) in [6.45, 7) is 4.68. The van der Waals surface area contributed by atoms with Gasteiger partial charge in [0.2, 0.25) is 0 Å². The standard InChI is InChI=1S/C13H18N2O2/c1-9-13(2,6-7-17-9)15-12(16)10-4-3-5-11(14)8-10/h3-5,8-9H,6-7,14H2,1-2H3,(H,15,16). The first-order chi connectivity index (χ1) is 8.01. The van der Waals surface area contributed by atoms with Crippen LogP contribution in [-0.2, 0) is 4.74 Å². The number of carbonyl (C=O) groups is 1. The molecule has 4 nitrogen and oxygen atoms in total. The van der Waals surface area contributed by atoms with E-state index in [1.165, 1.54) is 0 Å². The van der Waals surface area contributed by atoms with E-state index in [-0.39, 0.29) is 17.6 Å². The van der Waals surface area contributed by atoms with Crippen LogP contribution < -0.4 is 11.1 Å². The topological polar surface area (TPSA) is 64.3 Å². The van der Waals surface area contributed by atoms with Crippen LogP contribution in [0.25, 0.3) is 0 Å². The van der Waals surface area contributed by atoms with Crippen molar-refractivity contribution in [1.29, 1.82) is 0 Å². The summed E-state index contributed by atoms with van der Waals surface area (Å²) in [5.74, 6) is -0.0999. The summed E-state index contributed by atoms with van der Waals surface area (Å²) in [6, 6.07) is 6.98. The second-order valence-corrected chi connectivity index (χ2v) is 4.76. The maximum atomic E-state index is 12.1. The number of nitrogen functional groups attached to an aromatic ring is 1. The van der Waals surface area contributed by atoms with Crippen molar-refractivity contribution in [3.8, 4) is 0 Å². The predicted octanol–water partition coefficient (Wildman–Crippen LogP) is 1.57. The molecule has 0 spiro atoms. The van der Waals surface area contributed by atoms with Gasteiger partial charge in [0.15, 0.2) is 0 Å². The van der Waals surface area contributed by atoms with Crippen LogP contribution in [0.4, 0.5) is 5.69 Å². The Morgan fingerprint density at radius 1 is 1.59 bits per heavy atom. The van der Waals surface area contributed by atoms with E-state index in [1.54, 1.807) is 24.3 Å². The summed E-state index contributed by atoms with van der Waals surface area (Å²) >= 11 is 0. The molecule has 1 aromatic rings. The normalized spacial score (nSPS) is 28.0. The van der Waals surface area contributed by atoms with Crippen molar-refractivity contribution in [2.75, 3.05) is 12.3 Å². The summed E-state index contributed by atoms with van der Waals surface area (Å²) in [5, 5.41) is 3.03. The molecular formula is C13H18N2O2. The van der Waals surface area contributed by atoms with Gasteiger partial charge in [0, 0.05) is 17.9 Å². The third-order valence-electron chi connectivity index (χ3n) is 3.43. The van der Waals surface area contributed by atoms with E-state index >= 15 is 0 Å². The van der Waals surface area contributed by atoms with Gasteiger partial charge >= 0.3 is 0 Å². The predicted molar refractivity (Wildman–Crippen MR) is 66.8 cm³/mol. The number of carbonyl (C=O) groups excluding carboxylic acids is 1. The highest BCUT2D eigenvalue weighted by molar-refractivity contribution is 5.95. The molecule has 1 amide bonds. The zero-order valence-corrected chi connectivity index (χ0v) is 10.2. The fraction of sp³-hybridized carbons (Fsp3) is 0.462. The maximum Gasteiger partial charge on any atom is 0.251 e. The first-order valence-corrected chi connectivity index (χ1v) is 5.81. The molecule has 17 heavy (non-hydrogen) atoms. The number of benzene rings is 1. The Bertz CT molecular complexity index is 433. The number of amides is 1. The lowest BCUT2D eigenvalue weighted by molar-refractivity contribution is 0.0727. The number of hydrogen-bond acceptors (Lipinski definition) is 3. The Labute approximate surface area is 101 Å². The Morgan fingerprint density at radius 3 is 2.94 bits per heavy atom. The molecular weight excluding hydrogens is 216 g/mol. The highest BCUT2D eigenvalue weighted by Gasteiger charge is 2.38. The van der Waals surface area contributed by atoms with Crippen molar-refractivity contribution in [3.05, 3.63) is 29.8 Å². The van der Waals surface area contributed by atoms with E-state index < -0.39 is 0 Å². The Kier molecular flexibility index (Phi) is 3.07. The molecule has 0 bridgehead atoms. The number of nitrogens with two attached hydrogens (primary N) is 1. The average molecular weight is 234 g/mol. The van der Waals surface area contributed by atoms with Crippen molar-refractivity contribution >= 4 is 11.6 Å². The van der Waals surface area contributed by atoms with Crippen LogP contribution in [0.5, 0.6) is 0 Å². The fourth-order valence-electron chi connectivity index (χ4n) is 2.01. The summed E-state index contributed by atoms with van der Waals surface area (Å²) in [5.41, 5.74) is 6.55. The van der Waals surface area contributed by atoms with Gasteiger partial charge < -0.3 is 15.8 Å². The Hall–Kier alpha value is -1.55. The highest BCUT2D eigenvalue weighted by Crippen LogP contribution is 2.25. The van der Waals surface area contributed by atoms with Crippen molar-refractivity contribution in [1.82, 2.24) is 5.32 Å². The van der Waals surface area contributed by atoms with Gasteiger partial charge in [-0.25, -0.2) is 0 Å². The lowest BCUT2D eigenvalue weighted by atomic mass is 9.94. The summed E-state index contributed by atoms with van der Waals surface area (Å²) in [4.78, 5) is 12.1. The average Bonchev–Trinajstić information content (AvgIpc) is 2.59. The third-order valence-corrected chi connectivity index (χ3v) is 3.43. The molecule has 2 atom stereocenters. The van der Waals surface area contributed by atoms with Crippen LogP contribution in [0.1, 0.15) is 30.6 Å². The quantitative estimate of drug-likeness (QED) is 0.763. The SMILES string of the molecule is CC1OCCC1(C)NC(=O)c1cccc(N)c1. The molecule has 1 aliphatic rings. The minimum absolute atomic E-state index is 0.0347. The van der Waals surface area contributed by atoms with Crippen LogP contribution in [0.3, 0.4) is 0 Å². The Balaban J connectivity index is 2.12. The monoisotopic (exact) mass is 234 g/mol. The number of nitrogens with one attached hydrogen (secondary N) is 1. The first kappa shape index (κ1) is 11.9. The van der Waals surface area contributed by atoms with Gasteiger partial charge in [-0.15, -0.1) is 0 Å². The molecule has 92 valence electrons. The van der Waals surface area contributed by atoms with Crippen molar-refractivity contribution in [3.63, 3.8) is 0 Å². The minimum Gasteiger partial charge on any atom is -0.399 e. The lowest BCUT2D eigenvalue weighted by Gasteiger charge is -2.28. The molecule has 0 aliphatic carbocycles. The molecule has 0 saturated carbocycles. The van der Waals surface area contributed by atoms with E-state index in [9.17, 15) is 4.79 Å². The van der Waals surface area contributed by atoms with Crippen molar-refractivity contribution < 1.29 is 9.53 Å². The van der Waals surface area contributed by atoms with Gasteiger partial charge in [0.1, 0.15) is 0 Å². The second kappa shape index (κ2) is 4.37. The minimum atomic E-state index is -0.290. The summed E-state index contributed by atoms with van der Waals surface area (Å²) in [6.07, 6.45) is 0.870. The molecule has 2 unspecified atom stereocenters. The third kappa shape index (κ3) is 2.42. The summed E-state index contributed by atoms with van der Waals surface area (Å²) < 4.78 is 5.49. The van der Waals surface area contributed by atoms with E-state index in [2.05, 4.69) is 5.32 Å².